The van der Waals surface area contributed by atoms with Gasteiger partial charge in [-0.3, -0.25) is 0 Å². The second-order valence-corrected chi connectivity index (χ2v) is 14.4. The molecule has 0 heterocycles. The second kappa shape index (κ2) is 7.45. The number of rotatable bonds is 4. The fourth-order valence-corrected chi connectivity index (χ4v) is 14.3. The van der Waals surface area contributed by atoms with E-state index in [2.05, 4.69) is 0 Å². The normalized spacial score (nSPS) is 11.3. The molecule has 138 valence electrons. The van der Waals surface area contributed by atoms with Crippen LogP contribution in [0.2, 0.25) is 0 Å². The minimum atomic E-state index is -3.91. The van der Waals surface area contributed by atoms with Crippen molar-refractivity contribution in [3.63, 3.8) is 0 Å². The molecule has 0 fully saturated rings. The van der Waals surface area contributed by atoms with E-state index in [9.17, 15) is 15.3 Å². The van der Waals surface area contributed by atoms with Crippen LogP contribution < -0.4 is 17.6 Å². The van der Waals surface area contributed by atoms with E-state index in [1.54, 1.807) is 36.4 Å². The molecule has 28 heavy (non-hydrogen) atoms. The van der Waals surface area contributed by atoms with E-state index in [1.165, 1.54) is 0 Å². The Morgan fingerprint density at radius 1 is 0.393 bits per heavy atom. The Bertz CT molecular complexity index is 998. The van der Waals surface area contributed by atoms with E-state index in [0.29, 0.717) is 0 Å². The quantitative estimate of drug-likeness (QED) is 0.436. The molecule has 4 rings (SSSR count). The van der Waals surface area contributed by atoms with E-state index >= 15 is 0 Å². The van der Waals surface area contributed by atoms with Gasteiger partial charge in [0.2, 0.25) is 0 Å². The Hall–Kier alpha value is -3.18. The molecular formula is C24H20GeO3. The first-order valence-electron chi connectivity index (χ1n) is 9.06. The van der Waals surface area contributed by atoms with E-state index in [1.807, 2.05) is 66.7 Å². The summed E-state index contributed by atoms with van der Waals surface area (Å²) in [5.41, 5.74) is 0. The monoisotopic (exact) mass is 430 g/mol. The number of benzene rings is 4. The molecule has 0 atom stereocenters. The van der Waals surface area contributed by atoms with Crippen LogP contribution in [0.25, 0.3) is 0 Å². The molecular weight excluding hydrogens is 409 g/mol. The molecule has 0 aliphatic heterocycles. The van der Waals surface area contributed by atoms with E-state index in [4.69, 9.17) is 0 Å². The van der Waals surface area contributed by atoms with Crippen molar-refractivity contribution in [3.8, 4) is 17.2 Å². The van der Waals surface area contributed by atoms with Gasteiger partial charge in [-0.15, -0.1) is 0 Å². The molecule has 0 bridgehead atoms. The van der Waals surface area contributed by atoms with Gasteiger partial charge in [-0.2, -0.15) is 0 Å². The first-order valence-corrected chi connectivity index (χ1v) is 13.3. The van der Waals surface area contributed by atoms with Crippen molar-refractivity contribution in [2.45, 2.75) is 0 Å². The Kier molecular flexibility index (Phi) is 4.84. The molecule has 0 aliphatic rings. The molecule has 3 N–H and O–H groups in total. The molecule has 0 radical (unpaired) electrons. The topological polar surface area (TPSA) is 60.7 Å². The summed E-state index contributed by atoms with van der Waals surface area (Å²) >= 11 is -3.91. The van der Waals surface area contributed by atoms with Crippen LogP contribution in [-0.2, 0) is 0 Å². The third-order valence-corrected chi connectivity index (χ3v) is 15.4. The molecule has 0 unspecified atom stereocenters. The Labute approximate surface area is 166 Å². The van der Waals surface area contributed by atoms with Gasteiger partial charge >= 0.3 is 167 Å². The van der Waals surface area contributed by atoms with Crippen molar-refractivity contribution in [2.75, 3.05) is 0 Å². The summed E-state index contributed by atoms with van der Waals surface area (Å²) in [6, 6.07) is 31.6. The summed E-state index contributed by atoms with van der Waals surface area (Å²) in [6.45, 7) is 0. The fourth-order valence-electron chi connectivity index (χ4n) is 3.96. The van der Waals surface area contributed by atoms with E-state index in [0.717, 1.165) is 17.6 Å². The fraction of sp³-hybridized carbons (Fsp3) is 0. The SMILES string of the molecule is Oc1cccc[c]1[Ge]([c]1ccccc1)([c]1ccccc1O)[c]1ccccc1O. The van der Waals surface area contributed by atoms with Crippen molar-refractivity contribution in [2.24, 2.45) is 0 Å². The van der Waals surface area contributed by atoms with Crippen LogP contribution in [0.5, 0.6) is 17.2 Å². The molecule has 0 aliphatic carbocycles. The molecule has 0 spiro atoms. The van der Waals surface area contributed by atoms with Crippen LogP contribution in [0.4, 0.5) is 0 Å². The van der Waals surface area contributed by atoms with Crippen LogP contribution in [0.3, 0.4) is 0 Å². The zero-order valence-corrected chi connectivity index (χ0v) is 17.3. The van der Waals surface area contributed by atoms with E-state index < -0.39 is 13.3 Å². The number of hydrogen-bond donors (Lipinski definition) is 3. The Morgan fingerprint density at radius 2 is 0.714 bits per heavy atom. The van der Waals surface area contributed by atoms with Gasteiger partial charge in [0.1, 0.15) is 0 Å². The predicted molar refractivity (Wildman–Crippen MR) is 115 cm³/mol. The van der Waals surface area contributed by atoms with Gasteiger partial charge in [-0.05, 0) is 0 Å². The third-order valence-electron chi connectivity index (χ3n) is 5.13. The maximum atomic E-state index is 10.9. The van der Waals surface area contributed by atoms with Crippen molar-refractivity contribution < 1.29 is 15.3 Å². The Morgan fingerprint density at radius 3 is 1.07 bits per heavy atom. The van der Waals surface area contributed by atoms with Crippen LogP contribution >= 0.6 is 0 Å². The maximum absolute atomic E-state index is 10.9. The molecule has 4 aromatic carbocycles. The van der Waals surface area contributed by atoms with Gasteiger partial charge in [-0.25, -0.2) is 0 Å². The molecule has 4 aromatic rings. The summed E-state index contributed by atoms with van der Waals surface area (Å²) in [6.07, 6.45) is 0. The van der Waals surface area contributed by atoms with Crippen LogP contribution in [0, 0.1) is 0 Å². The van der Waals surface area contributed by atoms with Crippen molar-refractivity contribution >= 4 is 30.8 Å². The van der Waals surface area contributed by atoms with Crippen LogP contribution in [-0.4, -0.2) is 28.6 Å². The number of phenolic OH excluding ortho intramolecular Hbond substituents is 3. The van der Waals surface area contributed by atoms with E-state index in [-0.39, 0.29) is 17.2 Å². The first kappa shape index (κ1) is 18.2. The zero-order valence-electron chi connectivity index (χ0n) is 15.2. The van der Waals surface area contributed by atoms with Gasteiger partial charge in [-0.1, -0.05) is 0 Å². The summed E-state index contributed by atoms with van der Waals surface area (Å²) < 4.78 is 3.29. The number of phenols is 3. The minimum absolute atomic E-state index is 0.165. The van der Waals surface area contributed by atoms with Crippen molar-refractivity contribution in [1.29, 1.82) is 0 Å². The van der Waals surface area contributed by atoms with Crippen molar-refractivity contribution in [3.05, 3.63) is 103 Å². The second-order valence-electron chi connectivity index (χ2n) is 6.67. The zero-order chi connectivity index (χ0) is 19.6. The number of hydrogen-bond acceptors (Lipinski definition) is 3. The molecule has 0 amide bonds. The van der Waals surface area contributed by atoms with Gasteiger partial charge in [0.25, 0.3) is 0 Å². The summed E-state index contributed by atoms with van der Waals surface area (Å²) in [5, 5.41) is 32.7. The van der Waals surface area contributed by atoms with Crippen LogP contribution in [0.1, 0.15) is 0 Å². The number of para-hydroxylation sites is 3. The average molecular weight is 429 g/mol. The number of aromatic hydroxyl groups is 3. The molecule has 4 heteroatoms. The standard InChI is InChI=1S/C24H20GeO3/c26-22-15-7-4-12-19(22)25(18-10-2-1-3-11-18,20-13-5-8-16-23(20)27)21-14-6-9-17-24(21)28/h1-17,26-28H. The summed E-state index contributed by atoms with van der Waals surface area (Å²) in [4.78, 5) is 0. The molecule has 3 nitrogen and oxygen atoms in total. The van der Waals surface area contributed by atoms with Crippen LogP contribution in [0.15, 0.2) is 103 Å². The van der Waals surface area contributed by atoms with Gasteiger partial charge in [0.05, 0.1) is 0 Å². The predicted octanol–water partition coefficient (Wildman–Crippen LogP) is 2.18. The third kappa shape index (κ3) is 2.84. The van der Waals surface area contributed by atoms with Gasteiger partial charge in [0, 0.05) is 0 Å². The van der Waals surface area contributed by atoms with Gasteiger partial charge in [0.15, 0.2) is 0 Å². The summed E-state index contributed by atoms with van der Waals surface area (Å²) in [5.74, 6) is 0.494. The van der Waals surface area contributed by atoms with Gasteiger partial charge < -0.3 is 0 Å². The summed E-state index contributed by atoms with van der Waals surface area (Å²) in [7, 11) is 0. The Balaban J connectivity index is 2.24. The van der Waals surface area contributed by atoms with Crippen molar-refractivity contribution in [1.82, 2.24) is 0 Å². The molecule has 0 aromatic heterocycles. The first-order chi connectivity index (χ1) is 13.7. The molecule has 0 saturated carbocycles. The average Bonchev–Trinajstić information content (AvgIpc) is 2.73. The molecule has 0 saturated heterocycles.